The Labute approximate surface area is 87.9 Å². The van der Waals surface area contributed by atoms with Crippen molar-refractivity contribution in [3.05, 3.63) is 29.0 Å². The molecule has 2 fully saturated rings. The van der Waals surface area contributed by atoms with Crippen molar-refractivity contribution in [2.24, 2.45) is 11.8 Å². The van der Waals surface area contributed by atoms with E-state index in [0.29, 0.717) is 5.02 Å². The first-order valence-corrected chi connectivity index (χ1v) is 5.40. The first kappa shape index (κ1) is 8.69. The van der Waals surface area contributed by atoms with E-state index < -0.39 is 5.60 Å². The molecule has 0 aliphatic heterocycles. The van der Waals surface area contributed by atoms with E-state index >= 15 is 0 Å². The minimum Gasteiger partial charge on any atom is -0.384 e. The third-order valence-corrected chi connectivity index (χ3v) is 3.70. The number of halogens is 1. The Kier molecular flexibility index (Phi) is 1.68. The van der Waals surface area contributed by atoms with Gasteiger partial charge in [0.15, 0.2) is 0 Å². The Bertz CT molecular complexity index is 369. The van der Waals surface area contributed by atoms with Gasteiger partial charge in [0.05, 0.1) is 5.69 Å². The van der Waals surface area contributed by atoms with E-state index in [4.69, 9.17) is 11.6 Å². The van der Waals surface area contributed by atoms with Crippen molar-refractivity contribution in [3.8, 4) is 0 Å². The Balaban J connectivity index is 1.94. The van der Waals surface area contributed by atoms with Crippen molar-refractivity contribution in [2.75, 3.05) is 0 Å². The molecule has 0 radical (unpaired) electrons. The van der Waals surface area contributed by atoms with Crippen LogP contribution in [-0.2, 0) is 5.60 Å². The summed E-state index contributed by atoms with van der Waals surface area (Å²) in [5.41, 5.74) is 0.0515. The van der Waals surface area contributed by atoms with Gasteiger partial charge in [0.25, 0.3) is 0 Å². The van der Waals surface area contributed by atoms with Crippen molar-refractivity contribution in [3.63, 3.8) is 0 Å². The van der Waals surface area contributed by atoms with Crippen molar-refractivity contribution in [1.82, 2.24) is 4.98 Å². The molecule has 1 aromatic rings. The van der Waals surface area contributed by atoms with Gasteiger partial charge in [-0.25, -0.2) is 0 Å². The summed E-state index contributed by atoms with van der Waals surface area (Å²) >= 11 is 5.88. The molecule has 2 aliphatic carbocycles. The van der Waals surface area contributed by atoms with Gasteiger partial charge in [-0.15, -0.1) is 0 Å². The smallest absolute Gasteiger partial charge is 0.107 e. The van der Waals surface area contributed by atoms with Crippen LogP contribution in [-0.4, -0.2) is 10.1 Å². The Morgan fingerprint density at radius 2 is 2.14 bits per heavy atom. The van der Waals surface area contributed by atoms with Crippen LogP contribution < -0.4 is 0 Å². The third-order valence-electron chi connectivity index (χ3n) is 3.47. The highest BCUT2D eigenvalue weighted by Crippen LogP contribution is 2.59. The number of aliphatic hydroxyl groups is 1. The van der Waals surface area contributed by atoms with Crippen molar-refractivity contribution >= 4 is 11.6 Å². The maximum Gasteiger partial charge on any atom is 0.107 e. The molecular weight excluding hydrogens is 198 g/mol. The molecule has 0 bridgehead atoms. The predicted molar refractivity (Wildman–Crippen MR) is 54.0 cm³/mol. The molecule has 1 N–H and O–H groups in total. The van der Waals surface area contributed by atoms with Crippen molar-refractivity contribution in [1.29, 1.82) is 0 Å². The predicted octanol–water partition coefficient (Wildman–Crippen LogP) is 2.35. The van der Waals surface area contributed by atoms with Crippen molar-refractivity contribution < 1.29 is 5.11 Å². The largest absolute Gasteiger partial charge is 0.384 e. The van der Waals surface area contributed by atoms with Crippen LogP contribution in [0, 0.1) is 11.8 Å². The molecule has 1 heterocycles. The zero-order valence-corrected chi connectivity index (χ0v) is 8.54. The molecule has 3 heteroatoms. The molecule has 3 rings (SSSR count). The van der Waals surface area contributed by atoms with Gasteiger partial charge in [-0.05, 0) is 43.2 Å². The number of hydrogen-bond donors (Lipinski definition) is 1. The van der Waals surface area contributed by atoms with Crippen LogP contribution in [0.1, 0.15) is 25.0 Å². The molecule has 0 spiro atoms. The van der Waals surface area contributed by atoms with Crippen molar-refractivity contribution in [2.45, 2.75) is 24.9 Å². The van der Waals surface area contributed by atoms with E-state index in [1.807, 2.05) is 0 Å². The number of aromatic nitrogens is 1. The summed E-state index contributed by atoms with van der Waals surface area (Å²) in [5, 5.41) is 11.0. The summed E-state index contributed by atoms with van der Waals surface area (Å²) in [6.07, 6.45) is 4.69. The summed E-state index contributed by atoms with van der Waals surface area (Å²) in [6, 6.07) is 3.52. The lowest BCUT2D eigenvalue weighted by molar-refractivity contribution is 0.0268. The minimum absolute atomic E-state index is 0.656. The van der Waals surface area contributed by atoms with Crippen LogP contribution in [0.15, 0.2) is 18.3 Å². The maximum atomic E-state index is 10.4. The standard InChI is InChI=1S/C11H12ClNO/c12-9-1-2-13-10(4-9)11(14)5-7-3-8(7)6-11/h1-2,4,7-8,14H,3,5-6H2. The van der Waals surface area contributed by atoms with Crippen LogP contribution in [0.3, 0.4) is 0 Å². The van der Waals surface area contributed by atoms with E-state index in [-0.39, 0.29) is 0 Å². The van der Waals surface area contributed by atoms with E-state index in [2.05, 4.69) is 4.98 Å². The molecule has 0 amide bonds. The second kappa shape index (κ2) is 2.71. The van der Waals surface area contributed by atoms with Gasteiger partial charge in [0, 0.05) is 11.2 Å². The van der Waals surface area contributed by atoms with Gasteiger partial charge >= 0.3 is 0 Å². The normalized spacial score (nSPS) is 39.6. The second-order valence-electron chi connectivity index (χ2n) is 4.55. The molecule has 2 unspecified atom stereocenters. The fourth-order valence-electron chi connectivity index (χ4n) is 2.63. The minimum atomic E-state index is -0.696. The average molecular weight is 210 g/mol. The Morgan fingerprint density at radius 1 is 1.43 bits per heavy atom. The van der Waals surface area contributed by atoms with Crippen LogP contribution >= 0.6 is 11.6 Å². The molecule has 2 aliphatic rings. The lowest BCUT2D eigenvalue weighted by Crippen LogP contribution is -2.24. The Morgan fingerprint density at radius 3 is 2.79 bits per heavy atom. The first-order valence-electron chi connectivity index (χ1n) is 5.02. The first-order chi connectivity index (χ1) is 6.67. The third kappa shape index (κ3) is 1.25. The van der Waals surface area contributed by atoms with Gasteiger partial charge in [0.1, 0.15) is 5.60 Å². The van der Waals surface area contributed by atoms with E-state index in [1.54, 1.807) is 18.3 Å². The lowest BCUT2D eigenvalue weighted by Gasteiger charge is -2.23. The van der Waals surface area contributed by atoms with Gasteiger partial charge in [-0.2, -0.15) is 0 Å². The number of rotatable bonds is 1. The summed E-state index contributed by atoms with van der Waals surface area (Å²) in [6.45, 7) is 0. The lowest BCUT2D eigenvalue weighted by atomic mass is 9.93. The molecule has 2 nitrogen and oxygen atoms in total. The molecule has 1 aromatic heterocycles. The molecule has 14 heavy (non-hydrogen) atoms. The molecule has 2 atom stereocenters. The zero-order valence-electron chi connectivity index (χ0n) is 7.78. The summed E-state index contributed by atoms with van der Waals surface area (Å²) in [7, 11) is 0. The molecule has 2 saturated carbocycles. The summed E-state index contributed by atoms with van der Waals surface area (Å²) in [4.78, 5) is 4.21. The number of hydrogen-bond acceptors (Lipinski definition) is 2. The Hall–Kier alpha value is -0.600. The van der Waals surface area contributed by atoms with Gasteiger partial charge in [0.2, 0.25) is 0 Å². The zero-order chi connectivity index (χ0) is 9.76. The summed E-state index contributed by atoms with van der Waals surface area (Å²) in [5.74, 6) is 1.47. The molecule has 74 valence electrons. The fraction of sp³-hybridized carbons (Fsp3) is 0.545. The SMILES string of the molecule is OC1(c2cc(Cl)ccn2)CC2CC2C1. The quantitative estimate of drug-likeness (QED) is 0.770. The summed E-state index contributed by atoms with van der Waals surface area (Å²) < 4.78 is 0. The number of nitrogens with zero attached hydrogens (tertiary/aromatic N) is 1. The second-order valence-corrected chi connectivity index (χ2v) is 4.99. The molecule has 0 aromatic carbocycles. The van der Waals surface area contributed by atoms with Gasteiger partial charge in [-0.3, -0.25) is 4.98 Å². The monoisotopic (exact) mass is 209 g/mol. The fourth-order valence-corrected chi connectivity index (χ4v) is 2.79. The van der Waals surface area contributed by atoms with E-state index in [1.165, 1.54) is 6.42 Å². The van der Waals surface area contributed by atoms with E-state index in [0.717, 1.165) is 30.4 Å². The topological polar surface area (TPSA) is 33.1 Å². The average Bonchev–Trinajstić information content (AvgIpc) is 2.75. The maximum absolute atomic E-state index is 10.4. The highest BCUT2D eigenvalue weighted by Gasteiger charge is 2.54. The van der Waals surface area contributed by atoms with Crippen LogP contribution in [0.25, 0.3) is 0 Å². The van der Waals surface area contributed by atoms with Crippen LogP contribution in [0.2, 0.25) is 5.02 Å². The highest BCUT2D eigenvalue weighted by atomic mass is 35.5. The van der Waals surface area contributed by atoms with E-state index in [9.17, 15) is 5.11 Å². The van der Waals surface area contributed by atoms with Crippen LogP contribution in [0.4, 0.5) is 0 Å². The molecule has 0 saturated heterocycles. The van der Waals surface area contributed by atoms with Crippen LogP contribution in [0.5, 0.6) is 0 Å². The van der Waals surface area contributed by atoms with Gasteiger partial charge < -0.3 is 5.11 Å². The number of fused-ring (bicyclic) bond motifs is 1. The highest BCUT2D eigenvalue weighted by molar-refractivity contribution is 6.30. The number of pyridine rings is 1. The molecular formula is C11H12ClNO. The van der Waals surface area contributed by atoms with Gasteiger partial charge in [-0.1, -0.05) is 11.6 Å².